The number of benzene rings is 2. The van der Waals surface area contributed by atoms with Gasteiger partial charge in [0.15, 0.2) is 5.11 Å². The van der Waals surface area contributed by atoms with E-state index >= 15 is 0 Å². The molecule has 1 fully saturated rings. The van der Waals surface area contributed by atoms with Gasteiger partial charge in [0.1, 0.15) is 5.75 Å². The summed E-state index contributed by atoms with van der Waals surface area (Å²) < 4.78 is 8.58. The molecule has 2 aromatic heterocycles. The molecule has 4 aromatic rings. The van der Waals surface area contributed by atoms with Gasteiger partial charge in [-0.05, 0) is 72.4 Å². The zero-order valence-corrected chi connectivity index (χ0v) is 20.5. The van der Waals surface area contributed by atoms with E-state index in [-0.39, 0.29) is 12.1 Å². The van der Waals surface area contributed by atoms with Crippen molar-refractivity contribution in [2.24, 2.45) is 0 Å². The van der Waals surface area contributed by atoms with Crippen LogP contribution in [-0.2, 0) is 6.54 Å². The molecule has 0 bridgehead atoms. The third-order valence-electron chi connectivity index (χ3n) is 5.88. The first kappa shape index (κ1) is 21.7. The van der Waals surface area contributed by atoms with Crippen molar-refractivity contribution in [3.05, 3.63) is 113 Å². The van der Waals surface area contributed by atoms with Crippen LogP contribution in [-0.4, -0.2) is 26.7 Å². The van der Waals surface area contributed by atoms with Crippen molar-refractivity contribution >= 4 is 33.3 Å². The smallest absolute Gasteiger partial charge is 0.170 e. The number of thiocarbonyl (C=S) groups is 1. The van der Waals surface area contributed by atoms with Crippen LogP contribution in [0, 0.1) is 0 Å². The van der Waals surface area contributed by atoms with Crippen LogP contribution in [0.1, 0.15) is 29.0 Å². The van der Waals surface area contributed by atoms with E-state index in [2.05, 4.69) is 84.4 Å². The average molecular weight is 519 g/mol. The normalized spacial score (nSPS) is 17.8. The highest BCUT2D eigenvalue weighted by molar-refractivity contribution is 9.10. The van der Waals surface area contributed by atoms with Crippen molar-refractivity contribution in [3.8, 4) is 11.4 Å². The molecule has 5 nitrogen and oxygen atoms in total. The molecule has 2 aromatic carbocycles. The first-order chi connectivity index (χ1) is 16.1. The molecule has 5 rings (SSSR count). The zero-order valence-electron chi connectivity index (χ0n) is 18.1. The molecule has 0 aliphatic carbocycles. The molecule has 1 aliphatic heterocycles. The Hall–Kier alpha value is -3.16. The molecule has 0 spiro atoms. The van der Waals surface area contributed by atoms with E-state index in [1.807, 2.05) is 42.6 Å². The highest BCUT2D eigenvalue weighted by Crippen LogP contribution is 2.40. The minimum atomic E-state index is -0.0715. The Morgan fingerprint density at radius 2 is 1.88 bits per heavy atom. The second-order valence-electron chi connectivity index (χ2n) is 7.89. The van der Waals surface area contributed by atoms with E-state index in [4.69, 9.17) is 17.0 Å². The topological polar surface area (TPSA) is 42.3 Å². The first-order valence-electron chi connectivity index (χ1n) is 10.7. The highest BCUT2D eigenvalue weighted by atomic mass is 79.9. The Kier molecular flexibility index (Phi) is 6.15. The molecule has 1 saturated heterocycles. The molecular formula is C26H23BrN4OS. The third-order valence-corrected chi connectivity index (χ3v) is 6.73. The molecule has 1 aliphatic rings. The number of aromatic nitrogens is 2. The van der Waals surface area contributed by atoms with E-state index < -0.39 is 0 Å². The molecule has 0 radical (unpaired) electrons. The molecule has 166 valence electrons. The van der Waals surface area contributed by atoms with Gasteiger partial charge in [-0.15, -0.1) is 0 Å². The fourth-order valence-electron chi connectivity index (χ4n) is 4.32. The van der Waals surface area contributed by atoms with Crippen LogP contribution in [0.25, 0.3) is 5.69 Å². The maximum Gasteiger partial charge on any atom is 0.170 e. The lowest BCUT2D eigenvalue weighted by atomic mass is 10.0. The summed E-state index contributed by atoms with van der Waals surface area (Å²) in [5.41, 5.74) is 4.35. The number of pyridine rings is 1. The highest BCUT2D eigenvalue weighted by Gasteiger charge is 2.41. The first-order valence-corrected chi connectivity index (χ1v) is 11.9. The van der Waals surface area contributed by atoms with Crippen LogP contribution in [0.3, 0.4) is 0 Å². The molecular weight excluding hydrogens is 496 g/mol. The van der Waals surface area contributed by atoms with Crippen LogP contribution < -0.4 is 10.1 Å². The Morgan fingerprint density at radius 3 is 2.61 bits per heavy atom. The summed E-state index contributed by atoms with van der Waals surface area (Å²) in [7, 11) is 1.68. The summed E-state index contributed by atoms with van der Waals surface area (Å²) in [5.74, 6) is 0.840. The van der Waals surface area contributed by atoms with Gasteiger partial charge in [0.05, 0.1) is 24.9 Å². The van der Waals surface area contributed by atoms with E-state index in [0.717, 1.165) is 32.9 Å². The summed E-state index contributed by atoms with van der Waals surface area (Å²) in [6.45, 7) is 0.674. The number of nitrogens with one attached hydrogen (secondary N) is 1. The van der Waals surface area contributed by atoms with Gasteiger partial charge >= 0.3 is 0 Å². The van der Waals surface area contributed by atoms with E-state index in [9.17, 15) is 0 Å². The van der Waals surface area contributed by atoms with Gasteiger partial charge < -0.3 is 19.5 Å². The Labute approximate surface area is 207 Å². The minimum Gasteiger partial charge on any atom is -0.497 e. The number of rotatable bonds is 6. The number of hydrogen-bond acceptors (Lipinski definition) is 3. The van der Waals surface area contributed by atoms with Crippen molar-refractivity contribution in [1.82, 2.24) is 19.8 Å². The summed E-state index contributed by atoms with van der Waals surface area (Å²) in [5, 5.41) is 4.26. The van der Waals surface area contributed by atoms with E-state index in [0.29, 0.717) is 11.7 Å². The van der Waals surface area contributed by atoms with Crippen molar-refractivity contribution in [2.75, 3.05) is 7.11 Å². The van der Waals surface area contributed by atoms with E-state index in [1.54, 1.807) is 7.11 Å². The maximum atomic E-state index is 5.84. The molecule has 0 amide bonds. The fourth-order valence-corrected chi connectivity index (χ4v) is 5.01. The Bertz CT molecular complexity index is 1260. The molecule has 0 saturated carbocycles. The minimum absolute atomic E-state index is 0.0384. The molecule has 3 heterocycles. The van der Waals surface area contributed by atoms with Gasteiger partial charge in [-0.1, -0.05) is 40.2 Å². The summed E-state index contributed by atoms with van der Waals surface area (Å²) in [6, 6.07) is 26.6. The third kappa shape index (κ3) is 4.38. The number of ether oxygens (including phenoxy) is 1. The maximum absolute atomic E-state index is 5.84. The summed E-state index contributed by atoms with van der Waals surface area (Å²) in [4.78, 5) is 6.90. The van der Waals surface area contributed by atoms with Gasteiger partial charge in [0.25, 0.3) is 0 Å². The zero-order chi connectivity index (χ0) is 22.8. The van der Waals surface area contributed by atoms with Gasteiger partial charge in [-0.3, -0.25) is 4.98 Å². The van der Waals surface area contributed by atoms with E-state index in [1.165, 1.54) is 0 Å². The Balaban J connectivity index is 1.58. The van der Waals surface area contributed by atoms with Gasteiger partial charge in [-0.25, -0.2) is 0 Å². The van der Waals surface area contributed by atoms with Gasteiger partial charge in [0.2, 0.25) is 0 Å². The van der Waals surface area contributed by atoms with Crippen molar-refractivity contribution in [2.45, 2.75) is 18.6 Å². The molecule has 0 unspecified atom stereocenters. The molecule has 1 N–H and O–H groups in total. The van der Waals surface area contributed by atoms with Crippen LogP contribution in [0.15, 0.2) is 95.7 Å². The second kappa shape index (κ2) is 9.37. The lowest BCUT2D eigenvalue weighted by molar-refractivity contribution is 0.302. The van der Waals surface area contributed by atoms with Crippen LogP contribution in [0.2, 0.25) is 0 Å². The fraction of sp³-hybridized carbons (Fsp3) is 0.154. The number of nitrogens with zero attached hydrogens (tertiary/aromatic N) is 3. The summed E-state index contributed by atoms with van der Waals surface area (Å²) >= 11 is 9.45. The van der Waals surface area contributed by atoms with Crippen LogP contribution >= 0.6 is 28.1 Å². The van der Waals surface area contributed by atoms with Gasteiger partial charge in [-0.2, -0.15) is 0 Å². The monoisotopic (exact) mass is 518 g/mol. The number of halogens is 1. The molecule has 7 heteroatoms. The number of hydrogen-bond donors (Lipinski definition) is 1. The van der Waals surface area contributed by atoms with Crippen molar-refractivity contribution < 1.29 is 4.74 Å². The van der Waals surface area contributed by atoms with Gasteiger partial charge in [0, 0.05) is 34.8 Å². The number of methoxy groups -OCH3 is 1. The quantitative estimate of drug-likeness (QED) is 0.326. The lowest BCUT2D eigenvalue weighted by Gasteiger charge is -2.29. The second-order valence-corrected chi connectivity index (χ2v) is 9.19. The van der Waals surface area contributed by atoms with Crippen LogP contribution in [0.4, 0.5) is 0 Å². The van der Waals surface area contributed by atoms with Crippen LogP contribution in [0.5, 0.6) is 5.75 Å². The Morgan fingerprint density at radius 1 is 1.03 bits per heavy atom. The largest absolute Gasteiger partial charge is 0.497 e. The lowest BCUT2D eigenvalue weighted by Crippen LogP contribution is -2.30. The van der Waals surface area contributed by atoms with Crippen molar-refractivity contribution in [1.29, 1.82) is 0 Å². The van der Waals surface area contributed by atoms with Crippen molar-refractivity contribution in [3.63, 3.8) is 0 Å². The molecule has 2 atom stereocenters. The standard InChI is InChI=1S/C26H23BrN4OS/c1-32-21-12-10-18(11-13-21)17-31-25(24(29-26(31)33)22-8-2-3-14-28-22)23-9-5-15-30(23)20-7-4-6-19(27)16-20/h2-16,24-25H,17H2,1H3,(H,29,33)/t24-,25+/m1/s1. The predicted octanol–water partition coefficient (Wildman–Crippen LogP) is 5.82. The summed E-state index contributed by atoms with van der Waals surface area (Å²) in [6.07, 6.45) is 3.93. The molecule has 33 heavy (non-hydrogen) atoms. The SMILES string of the molecule is COc1ccc(CN2C(=S)N[C@H](c3ccccn3)[C@@H]2c2cccn2-c2cccc(Br)c2)cc1. The predicted molar refractivity (Wildman–Crippen MR) is 137 cm³/mol. The average Bonchev–Trinajstić information content (AvgIpc) is 3.45.